The molecule has 3 N–H and O–H groups in total. The average molecular weight is 360 g/mol. The minimum atomic E-state index is -0.445. The number of carbonyl (C=O) groups is 1. The summed E-state index contributed by atoms with van der Waals surface area (Å²) in [5.74, 6) is -0.231. The lowest BCUT2D eigenvalue weighted by atomic mass is 10.0. The summed E-state index contributed by atoms with van der Waals surface area (Å²) < 4.78 is 12.9. The minimum absolute atomic E-state index is 0.0597. The van der Waals surface area contributed by atoms with Gasteiger partial charge in [-0.15, -0.1) is 0 Å². The number of β-amino-alcohol motifs (C(OH)–C–C–N with tert-alkyl or cyclic N) is 1. The van der Waals surface area contributed by atoms with Gasteiger partial charge in [0.15, 0.2) is 0 Å². The lowest BCUT2D eigenvalue weighted by Gasteiger charge is -2.15. The topological polar surface area (TPSA) is 81.2 Å². The number of likely N-dealkylation sites (tertiary alicyclic amines) is 1. The molecule has 0 bridgehead atoms. The zero-order chi connectivity index (χ0) is 18.5. The van der Waals surface area contributed by atoms with Gasteiger partial charge in [0.05, 0.1) is 18.3 Å². The van der Waals surface area contributed by atoms with Gasteiger partial charge >= 0.3 is 0 Å². The van der Waals surface area contributed by atoms with E-state index in [1.54, 1.807) is 12.1 Å². The van der Waals surface area contributed by atoms with E-state index >= 15 is 0 Å². The van der Waals surface area contributed by atoms with Crippen molar-refractivity contribution in [2.75, 3.05) is 26.2 Å². The van der Waals surface area contributed by atoms with Crippen LogP contribution in [-0.2, 0) is 17.6 Å². The van der Waals surface area contributed by atoms with E-state index < -0.39 is 6.10 Å². The van der Waals surface area contributed by atoms with Crippen LogP contribution in [0, 0.1) is 18.7 Å². The summed E-state index contributed by atoms with van der Waals surface area (Å²) in [6, 6.07) is 8.27. The Labute approximate surface area is 152 Å². The Bertz CT molecular complexity index is 731. The molecular weight excluding hydrogens is 335 g/mol. The first kappa shape index (κ1) is 18.5. The number of benzene rings is 1. The van der Waals surface area contributed by atoms with Crippen molar-refractivity contribution in [1.82, 2.24) is 20.4 Å². The van der Waals surface area contributed by atoms with Crippen LogP contribution in [0.25, 0.3) is 0 Å². The van der Waals surface area contributed by atoms with Crippen LogP contribution in [0.1, 0.15) is 17.0 Å². The van der Waals surface area contributed by atoms with Crippen LogP contribution in [0.2, 0.25) is 0 Å². The number of H-pyrrole nitrogens is 1. The Kier molecular flexibility index (Phi) is 6.00. The standard InChI is InChI=1S/C19H25FN4O2/c1-13-8-17(23-22-13)9-15-10-24(11-18(15)25)12-19(26)21-7-6-14-2-4-16(20)5-3-14/h2-5,8,15,18,25H,6-7,9-12H2,1H3,(H,21,26)(H,22,23). The molecule has 2 unspecified atom stereocenters. The SMILES string of the molecule is Cc1cc(CC2CN(CC(=O)NCCc3ccc(F)cc3)CC2O)n[nH]1. The Balaban J connectivity index is 1.39. The summed E-state index contributed by atoms with van der Waals surface area (Å²) in [7, 11) is 0. The maximum Gasteiger partial charge on any atom is 0.234 e. The Morgan fingerprint density at radius 1 is 1.38 bits per heavy atom. The quantitative estimate of drug-likeness (QED) is 0.689. The highest BCUT2D eigenvalue weighted by Crippen LogP contribution is 2.20. The lowest BCUT2D eigenvalue weighted by Crippen LogP contribution is -2.37. The van der Waals surface area contributed by atoms with Crippen LogP contribution in [0.3, 0.4) is 0 Å². The first-order valence-corrected chi connectivity index (χ1v) is 8.92. The first-order valence-electron chi connectivity index (χ1n) is 8.92. The highest BCUT2D eigenvalue weighted by molar-refractivity contribution is 5.78. The van der Waals surface area contributed by atoms with Crippen molar-refractivity contribution in [3.8, 4) is 0 Å². The largest absolute Gasteiger partial charge is 0.391 e. The summed E-state index contributed by atoms with van der Waals surface area (Å²) in [4.78, 5) is 14.1. The summed E-state index contributed by atoms with van der Waals surface area (Å²) >= 11 is 0. The second kappa shape index (κ2) is 8.42. The zero-order valence-corrected chi connectivity index (χ0v) is 14.9. The van der Waals surface area contributed by atoms with Gasteiger partial charge in [0.2, 0.25) is 5.91 Å². The molecule has 1 aliphatic rings. The fraction of sp³-hybridized carbons (Fsp3) is 0.474. The fourth-order valence-corrected chi connectivity index (χ4v) is 3.38. The average Bonchev–Trinajstić information content (AvgIpc) is 3.15. The monoisotopic (exact) mass is 360 g/mol. The molecule has 6 nitrogen and oxygen atoms in total. The van der Waals surface area contributed by atoms with Crippen molar-refractivity contribution in [2.24, 2.45) is 5.92 Å². The summed E-state index contributed by atoms with van der Waals surface area (Å²) in [5.41, 5.74) is 2.93. The van der Waals surface area contributed by atoms with E-state index in [9.17, 15) is 14.3 Å². The minimum Gasteiger partial charge on any atom is -0.391 e. The number of carbonyl (C=O) groups excluding carboxylic acids is 1. The van der Waals surface area contributed by atoms with Gasteiger partial charge in [-0.3, -0.25) is 14.8 Å². The molecule has 0 aliphatic carbocycles. The third-order valence-electron chi connectivity index (χ3n) is 4.73. The number of halogens is 1. The molecule has 1 aliphatic heterocycles. The van der Waals surface area contributed by atoms with Crippen LogP contribution < -0.4 is 5.32 Å². The summed E-state index contributed by atoms with van der Waals surface area (Å²) in [6.45, 7) is 3.91. The molecule has 1 amide bonds. The van der Waals surface area contributed by atoms with E-state index in [0.29, 0.717) is 32.5 Å². The molecule has 0 radical (unpaired) electrons. The number of hydrogen-bond acceptors (Lipinski definition) is 4. The highest BCUT2D eigenvalue weighted by atomic mass is 19.1. The maximum atomic E-state index is 12.9. The second-order valence-electron chi connectivity index (χ2n) is 6.99. The molecule has 0 saturated carbocycles. The molecule has 1 fully saturated rings. The molecule has 1 aromatic carbocycles. The predicted molar refractivity (Wildman–Crippen MR) is 96.1 cm³/mol. The van der Waals surface area contributed by atoms with Crippen LogP contribution in [0.5, 0.6) is 0 Å². The van der Waals surface area contributed by atoms with Crippen molar-refractivity contribution < 1.29 is 14.3 Å². The molecule has 3 rings (SSSR count). The van der Waals surface area contributed by atoms with Crippen LogP contribution >= 0.6 is 0 Å². The highest BCUT2D eigenvalue weighted by Gasteiger charge is 2.32. The zero-order valence-electron chi connectivity index (χ0n) is 14.9. The van der Waals surface area contributed by atoms with Crippen molar-refractivity contribution in [2.45, 2.75) is 25.9 Å². The number of aromatic amines is 1. The number of hydrogen-bond donors (Lipinski definition) is 3. The van der Waals surface area contributed by atoms with E-state index in [1.165, 1.54) is 12.1 Å². The first-order chi connectivity index (χ1) is 12.5. The Morgan fingerprint density at radius 3 is 2.85 bits per heavy atom. The molecule has 26 heavy (non-hydrogen) atoms. The van der Waals surface area contributed by atoms with Gasteiger partial charge in [0, 0.05) is 31.2 Å². The van der Waals surface area contributed by atoms with Gasteiger partial charge in [0.25, 0.3) is 0 Å². The second-order valence-corrected chi connectivity index (χ2v) is 6.99. The molecule has 1 aromatic heterocycles. The molecule has 1 saturated heterocycles. The van der Waals surface area contributed by atoms with Crippen molar-refractivity contribution in [3.63, 3.8) is 0 Å². The Hall–Kier alpha value is -2.25. The van der Waals surface area contributed by atoms with Crippen LogP contribution in [0.4, 0.5) is 4.39 Å². The van der Waals surface area contributed by atoms with Gasteiger partial charge in [-0.25, -0.2) is 4.39 Å². The number of rotatable bonds is 7. The number of nitrogens with zero attached hydrogens (tertiary/aromatic N) is 2. The van der Waals surface area contributed by atoms with Gasteiger partial charge in [-0.05, 0) is 43.5 Å². The van der Waals surface area contributed by atoms with Gasteiger partial charge in [-0.1, -0.05) is 12.1 Å². The molecule has 0 spiro atoms. The third kappa shape index (κ3) is 5.12. The fourth-order valence-electron chi connectivity index (χ4n) is 3.38. The smallest absolute Gasteiger partial charge is 0.234 e. The number of aryl methyl sites for hydroxylation is 1. The summed E-state index contributed by atoms with van der Waals surface area (Å²) in [5, 5.41) is 20.3. The van der Waals surface area contributed by atoms with Crippen molar-refractivity contribution in [1.29, 1.82) is 0 Å². The molecule has 140 valence electrons. The number of aliphatic hydroxyl groups excluding tert-OH is 1. The number of amides is 1. The number of nitrogens with one attached hydrogen (secondary N) is 2. The van der Waals surface area contributed by atoms with E-state index in [0.717, 1.165) is 17.0 Å². The van der Waals surface area contributed by atoms with Crippen LogP contribution in [-0.4, -0.2) is 58.4 Å². The lowest BCUT2D eigenvalue weighted by molar-refractivity contribution is -0.122. The number of aliphatic hydroxyl groups is 1. The van der Waals surface area contributed by atoms with Crippen LogP contribution in [0.15, 0.2) is 30.3 Å². The summed E-state index contributed by atoms with van der Waals surface area (Å²) in [6.07, 6.45) is 0.920. The Morgan fingerprint density at radius 2 is 2.15 bits per heavy atom. The predicted octanol–water partition coefficient (Wildman–Crippen LogP) is 1.05. The van der Waals surface area contributed by atoms with E-state index in [1.807, 2.05) is 17.9 Å². The van der Waals surface area contributed by atoms with Gasteiger partial charge < -0.3 is 10.4 Å². The van der Waals surface area contributed by atoms with E-state index in [2.05, 4.69) is 15.5 Å². The molecule has 7 heteroatoms. The van der Waals surface area contributed by atoms with Gasteiger partial charge in [-0.2, -0.15) is 5.10 Å². The van der Waals surface area contributed by atoms with E-state index in [-0.39, 0.29) is 24.2 Å². The van der Waals surface area contributed by atoms with Crippen molar-refractivity contribution in [3.05, 3.63) is 53.1 Å². The third-order valence-corrected chi connectivity index (χ3v) is 4.73. The van der Waals surface area contributed by atoms with Gasteiger partial charge in [0.1, 0.15) is 5.82 Å². The maximum absolute atomic E-state index is 12.9. The molecular formula is C19H25FN4O2. The normalized spacial score (nSPS) is 20.4. The van der Waals surface area contributed by atoms with Crippen molar-refractivity contribution >= 4 is 5.91 Å². The van der Waals surface area contributed by atoms with E-state index in [4.69, 9.17) is 0 Å². The molecule has 2 heterocycles. The molecule has 2 atom stereocenters. The molecule has 2 aromatic rings. The number of aromatic nitrogens is 2.